The Morgan fingerprint density at radius 1 is 1.32 bits per heavy atom. The molecule has 0 spiro atoms. The third-order valence-electron chi connectivity index (χ3n) is 3.61. The molecule has 8 nitrogen and oxygen atoms in total. The Labute approximate surface area is 145 Å². The van der Waals surface area contributed by atoms with Crippen molar-refractivity contribution in [2.24, 2.45) is 5.73 Å². The van der Waals surface area contributed by atoms with Crippen LogP contribution in [0.4, 0.5) is 11.5 Å². The fraction of sp³-hybridized carbons (Fsp3) is 0.353. The van der Waals surface area contributed by atoms with Gasteiger partial charge < -0.3 is 10.6 Å². The van der Waals surface area contributed by atoms with Crippen LogP contribution in [0.1, 0.15) is 25.5 Å². The lowest BCUT2D eigenvalue weighted by Gasteiger charge is -2.22. The molecule has 2 aromatic rings. The smallest absolute Gasteiger partial charge is 0.270 e. The van der Waals surface area contributed by atoms with Crippen molar-refractivity contribution in [2.45, 2.75) is 26.7 Å². The second kappa shape index (κ2) is 8.18. The van der Waals surface area contributed by atoms with Gasteiger partial charge in [-0.3, -0.25) is 14.9 Å². The Bertz CT molecular complexity index is 779. The zero-order valence-corrected chi connectivity index (χ0v) is 14.3. The first-order valence-electron chi connectivity index (χ1n) is 8.04. The molecule has 0 unspecified atom stereocenters. The highest BCUT2D eigenvalue weighted by molar-refractivity contribution is 5.79. The molecule has 0 fully saturated rings. The second-order valence-electron chi connectivity index (χ2n) is 5.74. The maximum atomic E-state index is 11.4. The summed E-state index contributed by atoms with van der Waals surface area (Å²) in [4.78, 5) is 32.6. The predicted octanol–water partition coefficient (Wildman–Crippen LogP) is 2.45. The third-order valence-corrected chi connectivity index (χ3v) is 3.61. The summed E-state index contributed by atoms with van der Waals surface area (Å²) < 4.78 is 0. The van der Waals surface area contributed by atoms with Crippen LogP contribution in [0.2, 0.25) is 0 Å². The summed E-state index contributed by atoms with van der Waals surface area (Å²) in [5, 5.41) is 11.0. The van der Waals surface area contributed by atoms with E-state index < -0.39 is 10.8 Å². The van der Waals surface area contributed by atoms with E-state index in [1.165, 1.54) is 12.1 Å². The second-order valence-corrected chi connectivity index (χ2v) is 5.74. The fourth-order valence-electron chi connectivity index (χ4n) is 2.41. The first-order valence-corrected chi connectivity index (χ1v) is 8.04. The van der Waals surface area contributed by atoms with Crippen molar-refractivity contribution in [1.29, 1.82) is 0 Å². The van der Waals surface area contributed by atoms with Crippen LogP contribution in [0, 0.1) is 17.0 Å². The summed E-state index contributed by atoms with van der Waals surface area (Å²) in [6.45, 7) is 4.58. The molecule has 0 saturated carbocycles. The van der Waals surface area contributed by atoms with Gasteiger partial charge >= 0.3 is 0 Å². The number of carbonyl (C=O) groups is 1. The maximum absolute atomic E-state index is 11.4. The van der Waals surface area contributed by atoms with Gasteiger partial charge in [0.05, 0.1) is 11.5 Å². The van der Waals surface area contributed by atoms with Crippen LogP contribution in [0.25, 0.3) is 11.4 Å². The molecule has 0 bridgehead atoms. The molecule has 132 valence electrons. The van der Waals surface area contributed by atoms with Crippen molar-refractivity contribution in [3.63, 3.8) is 0 Å². The average molecular weight is 343 g/mol. The van der Waals surface area contributed by atoms with Crippen molar-refractivity contribution in [1.82, 2.24) is 9.97 Å². The van der Waals surface area contributed by atoms with E-state index in [0.717, 1.165) is 12.8 Å². The number of carbonyl (C=O) groups excluding carboxylic acids is 1. The lowest BCUT2D eigenvalue weighted by Crippen LogP contribution is -2.35. The van der Waals surface area contributed by atoms with Crippen LogP contribution in [0.3, 0.4) is 0 Å². The number of nitro benzene ring substituents is 1. The molecule has 0 aliphatic carbocycles. The van der Waals surface area contributed by atoms with Crippen LogP contribution in [0.15, 0.2) is 30.3 Å². The molecule has 0 saturated heterocycles. The summed E-state index contributed by atoms with van der Waals surface area (Å²) in [6.07, 6.45) is 1.86. The Hall–Kier alpha value is -3.03. The monoisotopic (exact) mass is 343 g/mol. The number of non-ortho nitro benzene ring substituents is 1. The van der Waals surface area contributed by atoms with E-state index >= 15 is 0 Å². The molecular weight excluding hydrogens is 322 g/mol. The SMILES string of the molecule is CCCCN(CC(N)=O)c1cc(C)nc(-c2cccc([N+](=O)[O-])c2)n1. The fourth-order valence-corrected chi connectivity index (χ4v) is 2.41. The van der Waals surface area contributed by atoms with Gasteiger partial charge in [-0.15, -0.1) is 0 Å². The highest BCUT2D eigenvalue weighted by atomic mass is 16.6. The number of anilines is 1. The Morgan fingerprint density at radius 3 is 2.72 bits per heavy atom. The van der Waals surface area contributed by atoms with Crippen LogP contribution in [-0.4, -0.2) is 33.9 Å². The first kappa shape index (κ1) is 18.3. The standard InChI is InChI=1S/C17H21N5O3/c1-3-4-8-21(11-15(18)23)16-9-12(2)19-17(20-16)13-6-5-7-14(10-13)22(24)25/h5-7,9-10H,3-4,8,11H2,1-2H3,(H2,18,23). The largest absolute Gasteiger partial charge is 0.368 e. The van der Waals surface area contributed by atoms with E-state index in [1.807, 2.05) is 6.92 Å². The van der Waals surface area contributed by atoms with Gasteiger partial charge in [-0.25, -0.2) is 9.97 Å². The molecule has 1 amide bonds. The molecule has 0 aliphatic heterocycles. The molecule has 1 aromatic carbocycles. The molecule has 0 atom stereocenters. The van der Waals surface area contributed by atoms with E-state index in [9.17, 15) is 14.9 Å². The van der Waals surface area contributed by atoms with Crippen molar-refractivity contribution >= 4 is 17.4 Å². The zero-order valence-electron chi connectivity index (χ0n) is 14.3. The van der Waals surface area contributed by atoms with Crippen molar-refractivity contribution in [3.05, 3.63) is 46.1 Å². The molecule has 0 radical (unpaired) electrons. The molecule has 25 heavy (non-hydrogen) atoms. The van der Waals surface area contributed by atoms with Crippen molar-refractivity contribution in [3.8, 4) is 11.4 Å². The van der Waals surface area contributed by atoms with E-state index in [1.54, 1.807) is 23.1 Å². The number of hydrogen-bond donors (Lipinski definition) is 1. The predicted molar refractivity (Wildman–Crippen MR) is 95.2 cm³/mol. The Balaban J connectivity index is 2.43. The number of rotatable bonds is 8. The summed E-state index contributed by atoms with van der Waals surface area (Å²) >= 11 is 0. The van der Waals surface area contributed by atoms with Crippen LogP contribution < -0.4 is 10.6 Å². The number of nitro groups is 1. The average Bonchev–Trinajstić information content (AvgIpc) is 2.57. The first-order chi connectivity index (χ1) is 11.9. The lowest BCUT2D eigenvalue weighted by molar-refractivity contribution is -0.384. The number of amides is 1. The van der Waals surface area contributed by atoms with E-state index in [4.69, 9.17) is 5.73 Å². The molecule has 1 heterocycles. The van der Waals surface area contributed by atoms with Gasteiger partial charge in [-0.05, 0) is 13.3 Å². The highest BCUT2D eigenvalue weighted by Gasteiger charge is 2.15. The van der Waals surface area contributed by atoms with Gasteiger partial charge in [-0.1, -0.05) is 25.5 Å². The summed E-state index contributed by atoms with van der Waals surface area (Å²) in [6, 6.07) is 7.94. The zero-order chi connectivity index (χ0) is 18.4. The van der Waals surface area contributed by atoms with Gasteiger partial charge in [0.1, 0.15) is 5.82 Å². The number of nitrogens with zero attached hydrogens (tertiary/aromatic N) is 4. The quantitative estimate of drug-likeness (QED) is 0.581. The normalized spacial score (nSPS) is 10.5. The Kier molecular flexibility index (Phi) is 5.99. The van der Waals surface area contributed by atoms with Gasteiger partial charge in [-0.2, -0.15) is 0 Å². The Morgan fingerprint density at radius 2 is 2.08 bits per heavy atom. The summed E-state index contributed by atoms with van der Waals surface area (Å²) in [5.74, 6) is 0.523. The minimum absolute atomic E-state index is 0.0240. The molecular formula is C17H21N5O3. The molecule has 8 heteroatoms. The maximum Gasteiger partial charge on any atom is 0.270 e. The number of unbranched alkanes of at least 4 members (excludes halogenated alkanes) is 1. The number of hydrogen-bond acceptors (Lipinski definition) is 6. The van der Waals surface area contributed by atoms with Crippen molar-refractivity contribution < 1.29 is 9.72 Å². The molecule has 2 N–H and O–H groups in total. The van der Waals surface area contributed by atoms with Crippen LogP contribution >= 0.6 is 0 Å². The van der Waals surface area contributed by atoms with E-state index in [0.29, 0.717) is 29.4 Å². The molecule has 2 rings (SSSR count). The number of nitrogens with two attached hydrogens (primary N) is 1. The minimum atomic E-state index is -0.457. The molecule has 0 aliphatic rings. The van der Waals surface area contributed by atoms with Crippen molar-refractivity contribution in [2.75, 3.05) is 18.0 Å². The number of benzene rings is 1. The third kappa shape index (κ3) is 4.97. The van der Waals surface area contributed by atoms with Gasteiger partial charge in [0.25, 0.3) is 5.69 Å². The minimum Gasteiger partial charge on any atom is -0.368 e. The van der Waals surface area contributed by atoms with Gasteiger partial charge in [0.2, 0.25) is 5.91 Å². The summed E-state index contributed by atoms with van der Waals surface area (Å²) in [5.41, 5.74) is 6.58. The number of primary amides is 1. The van der Waals surface area contributed by atoms with Gasteiger partial charge in [0, 0.05) is 36.0 Å². The van der Waals surface area contributed by atoms with Crippen LogP contribution in [0.5, 0.6) is 0 Å². The van der Waals surface area contributed by atoms with Crippen LogP contribution in [-0.2, 0) is 4.79 Å². The topological polar surface area (TPSA) is 115 Å². The van der Waals surface area contributed by atoms with Gasteiger partial charge in [0.15, 0.2) is 5.82 Å². The highest BCUT2D eigenvalue weighted by Crippen LogP contribution is 2.24. The van der Waals surface area contributed by atoms with E-state index in [2.05, 4.69) is 16.9 Å². The number of aryl methyl sites for hydroxylation is 1. The summed E-state index contributed by atoms with van der Waals surface area (Å²) in [7, 11) is 0. The number of aromatic nitrogens is 2. The lowest BCUT2D eigenvalue weighted by atomic mass is 10.2. The van der Waals surface area contributed by atoms with E-state index in [-0.39, 0.29) is 12.2 Å². The molecule has 1 aromatic heterocycles.